The van der Waals surface area contributed by atoms with Crippen molar-refractivity contribution in [2.45, 2.75) is 32.0 Å². The summed E-state index contributed by atoms with van der Waals surface area (Å²) in [6.45, 7) is 6.29. The highest BCUT2D eigenvalue weighted by molar-refractivity contribution is 4.86. The third-order valence-corrected chi connectivity index (χ3v) is 2.36. The summed E-state index contributed by atoms with van der Waals surface area (Å²) in [6, 6.07) is 0. The highest BCUT2D eigenvalue weighted by Crippen LogP contribution is 2.20. The smallest absolute Gasteiger partial charge is 0.309 e. The molecule has 1 aliphatic rings. The Morgan fingerprint density at radius 3 is 2.50 bits per heavy atom. The van der Waals surface area contributed by atoms with Crippen LogP contribution in [0.4, 0.5) is 13.2 Å². The Hall–Kier alpha value is -0.290. The van der Waals surface area contributed by atoms with E-state index in [-0.39, 0.29) is 12.1 Å². The molecule has 0 spiro atoms. The normalized spacial score (nSPS) is 23.8. The Bertz CT molecular complexity index is 189. The van der Waals surface area contributed by atoms with Crippen LogP contribution < -0.4 is 5.32 Å². The Kier molecular flexibility index (Phi) is 3.42. The number of piperazine rings is 1. The van der Waals surface area contributed by atoms with Crippen molar-refractivity contribution in [2.75, 3.05) is 26.2 Å². The van der Waals surface area contributed by atoms with E-state index in [1.165, 1.54) is 0 Å². The van der Waals surface area contributed by atoms with Crippen molar-refractivity contribution in [1.82, 2.24) is 10.2 Å². The van der Waals surface area contributed by atoms with Crippen LogP contribution in [0.1, 0.15) is 20.3 Å². The molecule has 0 unspecified atom stereocenters. The van der Waals surface area contributed by atoms with Crippen molar-refractivity contribution in [3.63, 3.8) is 0 Å². The van der Waals surface area contributed by atoms with Crippen molar-refractivity contribution in [2.24, 2.45) is 0 Å². The second-order valence-electron chi connectivity index (χ2n) is 4.45. The first-order chi connectivity index (χ1) is 6.29. The molecule has 0 aliphatic carbocycles. The predicted octanol–water partition coefficient (Wildman–Crippen LogP) is 1.62. The number of alkyl halides is 3. The van der Waals surface area contributed by atoms with E-state index >= 15 is 0 Å². The molecule has 0 aromatic carbocycles. The quantitative estimate of drug-likeness (QED) is 0.745. The fourth-order valence-electron chi connectivity index (χ4n) is 1.72. The van der Waals surface area contributed by atoms with Crippen LogP contribution in [0, 0.1) is 0 Å². The van der Waals surface area contributed by atoms with Crippen LogP contribution in [-0.4, -0.2) is 42.8 Å². The van der Waals surface area contributed by atoms with Gasteiger partial charge in [0.25, 0.3) is 0 Å². The van der Waals surface area contributed by atoms with Gasteiger partial charge in [0.2, 0.25) is 0 Å². The Morgan fingerprint density at radius 2 is 2.00 bits per heavy atom. The standard InChI is InChI=1S/C9H17F3N2/c1-8(2)7-14(6-4-13-8)5-3-9(10,11)12/h13H,3-7H2,1-2H3. The van der Waals surface area contributed by atoms with Gasteiger partial charge < -0.3 is 5.32 Å². The van der Waals surface area contributed by atoms with Crippen LogP contribution in [-0.2, 0) is 0 Å². The zero-order valence-corrected chi connectivity index (χ0v) is 8.62. The van der Waals surface area contributed by atoms with Gasteiger partial charge in [-0.2, -0.15) is 13.2 Å². The van der Waals surface area contributed by atoms with E-state index < -0.39 is 12.6 Å². The van der Waals surface area contributed by atoms with Crippen molar-refractivity contribution in [1.29, 1.82) is 0 Å². The number of hydrogen-bond donors (Lipinski definition) is 1. The van der Waals surface area contributed by atoms with E-state index in [0.29, 0.717) is 13.1 Å². The van der Waals surface area contributed by atoms with E-state index in [4.69, 9.17) is 0 Å². The van der Waals surface area contributed by atoms with Crippen LogP contribution in [0.5, 0.6) is 0 Å². The molecule has 0 atom stereocenters. The van der Waals surface area contributed by atoms with Gasteiger partial charge in [0.05, 0.1) is 6.42 Å². The average Bonchev–Trinajstić information content (AvgIpc) is 1.98. The summed E-state index contributed by atoms with van der Waals surface area (Å²) >= 11 is 0. The summed E-state index contributed by atoms with van der Waals surface area (Å²) in [4.78, 5) is 1.87. The Labute approximate surface area is 82.5 Å². The summed E-state index contributed by atoms with van der Waals surface area (Å²) in [5.74, 6) is 0. The summed E-state index contributed by atoms with van der Waals surface area (Å²) in [7, 11) is 0. The lowest BCUT2D eigenvalue weighted by molar-refractivity contribution is -0.138. The second-order valence-corrected chi connectivity index (χ2v) is 4.45. The van der Waals surface area contributed by atoms with Gasteiger partial charge in [-0.3, -0.25) is 4.90 Å². The molecular weight excluding hydrogens is 193 g/mol. The molecule has 0 amide bonds. The van der Waals surface area contributed by atoms with Gasteiger partial charge in [-0.1, -0.05) is 0 Å². The van der Waals surface area contributed by atoms with Crippen LogP contribution in [0.25, 0.3) is 0 Å². The van der Waals surface area contributed by atoms with Crippen LogP contribution in [0.2, 0.25) is 0 Å². The molecule has 1 rings (SSSR count). The van der Waals surface area contributed by atoms with E-state index in [2.05, 4.69) is 5.32 Å². The second kappa shape index (κ2) is 4.06. The minimum atomic E-state index is -4.03. The molecule has 2 nitrogen and oxygen atoms in total. The first kappa shape index (κ1) is 11.8. The van der Waals surface area contributed by atoms with Gasteiger partial charge in [0.15, 0.2) is 0 Å². The molecule has 1 saturated heterocycles. The summed E-state index contributed by atoms with van der Waals surface area (Å²) in [5.41, 5.74) is -0.0656. The third kappa shape index (κ3) is 4.28. The summed E-state index contributed by atoms with van der Waals surface area (Å²) in [5, 5.41) is 3.26. The SMILES string of the molecule is CC1(C)CN(CCC(F)(F)F)CCN1. The monoisotopic (exact) mass is 210 g/mol. The zero-order valence-electron chi connectivity index (χ0n) is 8.62. The maximum absolute atomic E-state index is 12.0. The molecule has 1 heterocycles. The lowest BCUT2D eigenvalue weighted by atomic mass is 10.0. The van der Waals surface area contributed by atoms with Gasteiger partial charge >= 0.3 is 6.18 Å². The van der Waals surface area contributed by atoms with Crippen molar-refractivity contribution in [3.05, 3.63) is 0 Å². The number of hydrogen-bond acceptors (Lipinski definition) is 2. The van der Waals surface area contributed by atoms with E-state index in [1.54, 1.807) is 0 Å². The number of nitrogens with one attached hydrogen (secondary N) is 1. The van der Waals surface area contributed by atoms with Crippen LogP contribution >= 0.6 is 0 Å². The maximum Gasteiger partial charge on any atom is 0.390 e. The highest BCUT2D eigenvalue weighted by atomic mass is 19.4. The molecular formula is C9H17F3N2. The Morgan fingerprint density at radius 1 is 1.36 bits per heavy atom. The number of halogens is 3. The van der Waals surface area contributed by atoms with Gasteiger partial charge in [0, 0.05) is 31.7 Å². The van der Waals surface area contributed by atoms with E-state index in [1.807, 2.05) is 18.7 Å². The third-order valence-electron chi connectivity index (χ3n) is 2.36. The van der Waals surface area contributed by atoms with Crippen molar-refractivity contribution in [3.8, 4) is 0 Å². The predicted molar refractivity (Wildman–Crippen MR) is 49.2 cm³/mol. The van der Waals surface area contributed by atoms with E-state index in [0.717, 1.165) is 6.54 Å². The summed E-state index contributed by atoms with van der Waals surface area (Å²) in [6.07, 6.45) is -4.74. The van der Waals surface area contributed by atoms with E-state index in [9.17, 15) is 13.2 Å². The lowest BCUT2D eigenvalue weighted by Crippen LogP contribution is -2.57. The molecule has 14 heavy (non-hydrogen) atoms. The van der Waals surface area contributed by atoms with Gasteiger partial charge in [-0.25, -0.2) is 0 Å². The largest absolute Gasteiger partial charge is 0.390 e. The highest BCUT2D eigenvalue weighted by Gasteiger charge is 2.31. The topological polar surface area (TPSA) is 15.3 Å². The number of nitrogens with zero attached hydrogens (tertiary/aromatic N) is 1. The first-order valence-corrected chi connectivity index (χ1v) is 4.83. The zero-order chi connectivity index (χ0) is 10.8. The van der Waals surface area contributed by atoms with Crippen molar-refractivity contribution >= 4 is 0 Å². The van der Waals surface area contributed by atoms with Crippen LogP contribution in [0.15, 0.2) is 0 Å². The summed E-state index contributed by atoms with van der Waals surface area (Å²) < 4.78 is 35.9. The molecule has 0 radical (unpaired) electrons. The molecule has 1 fully saturated rings. The molecule has 0 bridgehead atoms. The molecule has 0 aromatic heterocycles. The maximum atomic E-state index is 12.0. The van der Waals surface area contributed by atoms with Gasteiger partial charge in [0.1, 0.15) is 0 Å². The molecule has 0 saturated carbocycles. The number of rotatable bonds is 2. The fourth-order valence-corrected chi connectivity index (χ4v) is 1.72. The molecule has 84 valence electrons. The van der Waals surface area contributed by atoms with Crippen LogP contribution in [0.3, 0.4) is 0 Å². The Balaban J connectivity index is 2.32. The minimum Gasteiger partial charge on any atom is -0.309 e. The lowest BCUT2D eigenvalue weighted by Gasteiger charge is -2.39. The molecule has 1 N–H and O–H groups in total. The minimum absolute atomic E-state index is 0.0656. The molecule has 1 aliphatic heterocycles. The van der Waals surface area contributed by atoms with Gasteiger partial charge in [-0.15, -0.1) is 0 Å². The van der Waals surface area contributed by atoms with Crippen molar-refractivity contribution < 1.29 is 13.2 Å². The fraction of sp³-hybridized carbons (Fsp3) is 1.00. The molecule has 5 heteroatoms. The first-order valence-electron chi connectivity index (χ1n) is 4.83. The average molecular weight is 210 g/mol. The molecule has 0 aromatic rings. The van der Waals surface area contributed by atoms with Gasteiger partial charge in [-0.05, 0) is 13.8 Å².